The number of carbonyl (C=O) groups excluding carboxylic acids is 1. The fraction of sp³-hybridized carbons (Fsp3) is 0.238. The summed E-state index contributed by atoms with van der Waals surface area (Å²) < 4.78 is 0. The number of nitrogens with zero attached hydrogens (tertiary/aromatic N) is 1. The number of hydrogen-bond donors (Lipinski definition) is 1. The van der Waals surface area contributed by atoms with E-state index in [1.165, 1.54) is 33.6 Å². The lowest BCUT2D eigenvalue weighted by molar-refractivity contribution is -0.116. The lowest BCUT2D eigenvalue weighted by atomic mass is 9.98. The maximum Gasteiger partial charge on any atom is 0.226 e. The van der Waals surface area contributed by atoms with Crippen molar-refractivity contribution in [1.29, 1.82) is 0 Å². The van der Waals surface area contributed by atoms with Gasteiger partial charge in [-0.05, 0) is 43.9 Å². The van der Waals surface area contributed by atoms with Crippen molar-refractivity contribution in [3.8, 4) is 11.3 Å². The number of anilines is 1. The van der Waals surface area contributed by atoms with Crippen LogP contribution in [0.3, 0.4) is 0 Å². The third-order valence-electron chi connectivity index (χ3n) is 4.17. The Morgan fingerprint density at radius 2 is 1.76 bits per heavy atom. The molecule has 0 saturated carbocycles. The fourth-order valence-electron chi connectivity index (χ4n) is 3.11. The number of amides is 1. The molecule has 0 aliphatic carbocycles. The van der Waals surface area contributed by atoms with Crippen molar-refractivity contribution in [3.63, 3.8) is 0 Å². The monoisotopic (exact) mass is 350 g/mol. The Balaban J connectivity index is 1.67. The molecule has 0 radical (unpaired) electrons. The van der Waals surface area contributed by atoms with Gasteiger partial charge in [-0.3, -0.25) is 4.79 Å². The summed E-state index contributed by atoms with van der Waals surface area (Å²) in [6.45, 7) is 6.31. The first kappa shape index (κ1) is 17.4. The number of nitrogens with one attached hydrogen (secondary N) is 1. The van der Waals surface area contributed by atoms with Crippen molar-refractivity contribution in [3.05, 3.63) is 70.1 Å². The molecule has 3 nitrogen and oxygen atoms in total. The summed E-state index contributed by atoms with van der Waals surface area (Å²) in [5, 5.41) is 5.59. The number of aromatic nitrogens is 1. The third kappa shape index (κ3) is 4.34. The van der Waals surface area contributed by atoms with Crippen LogP contribution in [0.1, 0.15) is 28.7 Å². The van der Waals surface area contributed by atoms with Gasteiger partial charge in [-0.25, -0.2) is 4.98 Å². The maximum atomic E-state index is 12.2. The molecule has 1 amide bonds. The highest BCUT2D eigenvalue weighted by Gasteiger charge is 2.12. The third-order valence-corrected chi connectivity index (χ3v) is 4.92. The van der Waals surface area contributed by atoms with Crippen LogP contribution in [0.15, 0.2) is 47.8 Å². The predicted molar refractivity (Wildman–Crippen MR) is 105 cm³/mol. The Hall–Kier alpha value is -2.46. The molecule has 0 atom stereocenters. The zero-order valence-electron chi connectivity index (χ0n) is 14.8. The lowest BCUT2D eigenvalue weighted by Crippen LogP contribution is -2.12. The van der Waals surface area contributed by atoms with Crippen molar-refractivity contribution in [1.82, 2.24) is 4.98 Å². The summed E-state index contributed by atoms with van der Waals surface area (Å²) in [6.07, 6.45) is 1.20. The molecule has 0 saturated heterocycles. The molecule has 128 valence electrons. The second kappa shape index (κ2) is 7.62. The van der Waals surface area contributed by atoms with Crippen LogP contribution in [0.25, 0.3) is 11.3 Å². The van der Waals surface area contributed by atoms with Crippen LogP contribution in [0.2, 0.25) is 0 Å². The molecule has 0 aliphatic rings. The Morgan fingerprint density at radius 3 is 2.44 bits per heavy atom. The number of aryl methyl sites for hydroxylation is 4. The van der Waals surface area contributed by atoms with Crippen LogP contribution in [0, 0.1) is 20.8 Å². The number of thiazole rings is 1. The summed E-state index contributed by atoms with van der Waals surface area (Å²) in [5.74, 6) is 0.00195. The van der Waals surface area contributed by atoms with Gasteiger partial charge >= 0.3 is 0 Å². The second-order valence-corrected chi connectivity index (χ2v) is 7.20. The van der Waals surface area contributed by atoms with Crippen molar-refractivity contribution >= 4 is 22.4 Å². The molecule has 0 bridgehead atoms. The molecular formula is C21H22N2OS. The van der Waals surface area contributed by atoms with E-state index in [0.717, 1.165) is 17.7 Å². The summed E-state index contributed by atoms with van der Waals surface area (Å²) >= 11 is 1.47. The first-order valence-electron chi connectivity index (χ1n) is 8.40. The molecule has 3 rings (SSSR count). The zero-order chi connectivity index (χ0) is 17.8. The van der Waals surface area contributed by atoms with Gasteiger partial charge in [0.25, 0.3) is 0 Å². The largest absolute Gasteiger partial charge is 0.302 e. The standard InChI is InChI=1S/C21H22N2OS/c1-14-11-15(2)20(16(3)12-14)18-13-25-21(22-18)23-19(24)10-9-17-7-5-4-6-8-17/h4-8,11-13H,9-10H2,1-3H3,(H,22,23,24). The zero-order valence-corrected chi connectivity index (χ0v) is 15.6. The minimum absolute atomic E-state index is 0.00195. The van der Waals surface area contributed by atoms with Crippen LogP contribution >= 0.6 is 11.3 Å². The molecular weight excluding hydrogens is 328 g/mol. The summed E-state index contributed by atoms with van der Waals surface area (Å²) in [5.41, 5.74) is 6.94. The summed E-state index contributed by atoms with van der Waals surface area (Å²) in [4.78, 5) is 16.8. The summed E-state index contributed by atoms with van der Waals surface area (Å²) in [6, 6.07) is 14.4. The van der Waals surface area contributed by atoms with Gasteiger partial charge < -0.3 is 5.32 Å². The highest BCUT2D eigenvalue weighted by Crippen LogP contribution is 2.31. The van der Waals surface area contributed by atoms with Crippen LogP contribution in [0.5, 0.6) is 0 Å². The normalized spacial score (nSPS) is 10.7. The molecule has 1 heterocycles. The van der Waals surface area contributed by atoms with E-state index in [4.69, 9.17) is 0 Å². The molecule has 1 aromatic heterocycles. The summed E-state index contributed by atoms with van der Waals surface area (Å²) in [7, 11) is 0. The average molecular weight is 350 g/mol. The minimum atomic E-state index is 0.00195. The predicted octanol–water partition coefficient (Wildman–Crippen LogP) is 5.31. The van der Waals surface area contributed by atoms with E-state index in [1.807, 2.05) is 35.7 Å². The quantitative estimate of drug-likeness (QED) is 0.678. The van der Waals surface area contributed by atoms with E-state index >= 15 is 0 Å². The van der Waals surface area contributed by atoms with Crippen LogP contribution in [-0.4, -0.2) is 10.9 Å². The number of hydrogen-bond acceptors (Lipinski definition) is 3. The maximum absolute atomic E-state index is 12.2. The topological polar surface area (TPSA) is 42.0 Å². The van der Waals surface area contributed by atoms with Crippen LogP contribution in [0.4, 0.5) is 5.13 Å². The Labute approximate surface area is 152 Å². The Kier molecular flexibility index (Phi) is 5.29. The molecule has 0 spiro atoms. The van der Waals surface area contributed by atoms with Gasteiger partial charge in [0.15, 0.2) is 5.13 Å². The Morgan fingerprint density at radius 1 is 1.08 bits per heavy atom. The van der Waals surface area contributed by atoms with E-state index in [2.05, 4.69) is 43.2 Å². The van der Waals surface area contributed by atoms with Crippen molar-refractivity contribution < 1.29 is 4.79 Å². The first-order valence-corrected chi connectivity index (χ1v) is 9.28. The van der Waals surface area contributed by atoms with E-state index in [9.17, 15) is 4.79 Å². The van der Waals surface area contributed by atoms with Crippen molar-refractivity contribution in [2.24, 2.45) is 0 Å². The van der Waals surface area contributed by atoms with Gasteiger partial charge in [0.1, 0.15) is 0 Å². The van der Waals surface area contributed by atoms with Gasteiger partial charge in [0.2, 0.25) is 5.91 Å². The van der Waals surface area contributed by atoms with Crippen LogP contribution in [-0.2, 0) is 11.2 Å². The smallest absolute Gasteiger partial charge is 0.226 e. The van der Waals surface area contributed by atoms with E-state index in [0.29, 0.717) is 11.6 Å². The molecule has 2 aromatic carbocycles. The number of carbonyl (C=O) groups is 1. The second-order valence-electron chi connectivity index (χ2n) is 6.35. The average Bonchev–Trinajstić information content (AvgIpc) is 3.01. The Bertz CT molecular complexity index is 861. The number of benzene rings is 2. The highest BCUT2D eigenvalue weighted by atomic mass is 32.1. The van der Waals surface area contributed by atoms with E-state index in [1.54, 1.807) is 0 Å². The number of rotatable bonds is 5. The highest BCUT2D eigenvalue weighted by molar-refractivity contribution is 7.14. The van der Waals surface area contributed by atoms with Gasteiger partial charge in [0.05, 0.1) is 5.69 Å². The fourth-order valence-corrected chi connectivity index (χ4v) is 3.83. The SMILES string of the molecule is Cc1cc(C)c(-c2csc(NC(=O)CCc3ccccc3)n2)c(C)c1. The van der Waals surface area contributed by atoms with Gasteiger partial charge in [0, 0.05) is 17.4 Å². The van der Waals surface area contributed by atoms with E-state index < -0.39 is 0 Å². The van der Waals surface area contributed by atoms with Gasteiger partial charge in [-0.2, -0.15) is 0 Å². The molecule has 0 aliphatic heterocycles. The minimum Gasteiger partial charge on any atom is -0.302 e. The molecule has 0 unspecified atom stereocenters. The molecule has 4 heteroatoms. The van der Waals surface area contributed by atoms with Gasteiger partial charge in [-0.1, -0.05) is 48.0 Å². The van der Waals surface area contributed by atoms with Crippen LogP contribution < -0.4 is 5.32 Å². The van der Waals surface area contributed by atoms with Crippen molar-refractivity contribution in [2.45, 2.75) is 33.6 Å². The first-order chi connectivity index (χ1) is 12.0. The van der Waals surface area contributed by atoms with E-state index in [-0.39, 0.29) is 5.91 Å². The van der Waals surface area contributed by atoms with Gasteiger partial charge in [-0.15, -0.1) is 11.3 Å². The molecule has 0 fully saturated rings. The molecule has 25 heavy (non-hydrogen) atoms. The molecule has 1 N–H and O–H groups in total. The lowest BCUT2D eigenvalue weighted by Gasteiger charge is -2.08. The molecule has 3 aromatic rings. The van der Waals surface area contributed by atoms with Crippen molar-refractivity contribution in [2.75, 3.05) is 5.32 Å².